The molecule has 0 unspecified atom stereocenters. The van der Waals surface area contributed by atoms with Gasteiger partial charge in [-0.05, 0) is 16.9 Å². The zero-order valence-electron chi connectivity index (χ0n) is 8.63. The molecule has 0 atom stereocenters. The minimum atomic E-state index is -0.232. The minimum Gasteiger partial charge on any atom is -0.128 e. The maximum atomic E-state index is 2.22. The molecule has 0 aliphatic rings. The quantitative estimate of drug-likeness (QED) is 0.731. The van der Waals surface area contributed by atoms with Crippen molar-refractivity contribution in [2.75, 3.05) is 6.26 Å². The van der Waals surface area contributed by atoms with Gasteiger partial charge in [0.05, 0.1) is 0 Å². The Balaban J connectivity index is 2.34. The molecule has 2 heteroatoms. The first-order valence-corrected chi connectivity index (χ1v) is 8.03. The predicted molar refractivity (Wildman–Crippen MR) is 72.6 cm³/mol. The zero-order valence-corrected chi connectivity index (χ0v) is 10.3. The van der Waals surface area contributed by atoms with Gasteiger partial charge in [0, 0.05) is 7.12 Å². The summed E-state index contributed by atoms with van der Waals surface area (Å²) in [6, 6.07) is 21.5. The summed E-state index contributed by atoms with van der Waals surface area (Å²) in [5, 5.41) is 2.87. The van der Waals surface area contributed by atoms with E-state index in [1.54, 1.807) is 0 Å². The normalized spacial score (nSPS) is 10.5. The summed E-state index contributed by atoms with van der Waals surface area (Å²) >= 11 is 1.94. The Bertz CT molecular complexity index is 360. The molecule has 0 saturated carbocycles. The van der Waals surface area contributed by atoms with Crippen molar-refractivity contribution in [1.29, 1.82) is 0 Å². The summed E-state index contributed by atoms with van der Waals surface area (Å²) in [4.78, 5) is 0. The standard InChI is InChI=1S/C13H13PS/c1-15-14(12-8-4-2-5-9-12)13-10-6-3-7-11-13/h2-11H,1H3. The molecule has 0 N–H and O–H groups in total. The molecule has 0 amide bonds. The average molecular weight is 232 g/mol. The minimum absolute atomic E-state index is 0.232. The topological polar surface area (TPSA) is 0 Å². The Morgan fingerprint density at radius 2 is 1.13 bits per heavy atom. The third kappa shape index (κ3) is 2.62. The molecular formula is C13H13PS. The molecule has 0 aromatic heterocycles. The molecule has 0 radical (unpaired) electrons. The average Bonchev–Trinajstić information content (AvgIpc) is 2.33. The van der Waals surface area contributed by atoms with Crippen molar-refractivity contribution in [1.82, 2.24) is 0 Å². The summed E-state index contributed by atoms with van der Waals surface area (Å²) in [5.41, 5.74) is 0. The molecule has 0 aliphatic carbocycles. The van der Waals surface area contributed by atoms with E-state index >= 15 is 0 Å². The van der Waals surface area contributed by atoms with Gasteiger partial charge < -0.3 is 0 Å². The van der Waals surface area contributed by atoms with Crippen molar-refractivity contribution in [3.8, 4) is 0 Å². The van der Waals surface area contributed by atoms with Crippen LogP contribution >= 0.6 is 18.5 Å². The highest BCUT2D eigenvalue weighted by Gasteiger charge is 2.10. The van der Waals surface area contributed by atoms with E-state index in [0.717, 1.165) is 0 Å². The van der Waals surface area contributed by atoms with Crippen LogP contribution in [-0.4, -0.2) is 6.26 Å². The van der Waals surface area contributed by atoms with Crippen LogP contribution in [0.15, 0.2) is 60.7 Å². The van der Waals surface area contributed by atoms with Crippen molar-refractivity contribution in [2.45, 2.75) is 0 Å². The Morgan fingerprint density at radius 1 is 0.733 bits per heavy atom. The maximum absolute atomic E-state index is 2.22. The van der Waals surface area contributed by atoms with Crippen molar-refractivity contribution in [3.63, 3.8) is 0 Å². The lowest BCUT2D eigenvalue weighted by Crippen LogP contribution is -2.08. The van der Waals surface area contributed by atoms with E-state index in [2.05, 4.69) is 66.9 Å². The fraction of sp³-hybridized carbons (Fsp3) is 0.0769. The van der Waals surface area contributed by atoms with E-state index in [9.17, 15) is 0 Å². The lowest BCUT2D eigenvalue weighted by Gasteiger charge is -2.14. The highest BCUT2D eigenvalue weighted by Crippen LogP contribution is 2.45. The second-order valence-electron chi connectivity index (χ2n) is 3.15. The van der Waals surface area contributed by atoms with Gasteiger partial charge in [-0.1, -0.05) is 60.7 Å². The van der Waals surface area contributed by atoms with Gasteiger partial charge in [0.1, 0.15) is 0 Å². The van der Waals surface area contributed by atoms with Gasteiger partial charge in [0.15, 0.2) is 0 Å². The monoisotopic (exact) mass is 232 g/mol. The molecule has 0 bridgehead atoms. The molecule has 0 spiro atoms. The Hall–Kier alpha value is -0.780. The van der Waals surface area contributed by atoms with Crippen LogP contribution in [0.25, 0.3) is 0 Å². The number of benzene rings is 2. The van der Waals surface area contributed by atoms with Crippen LogP contribution < -0.4 is 10.6 Å². The molecule has 0 saturated heterocycles. The molecule has 2 rings (SSSR count). The zero-order chi connectivity index (χ0) is 10.5. The summed E-state index contributed by atoms with van der Waals surface area (Å²) in [5.74, 6) is 0. The molecule has 15 heavy (non-hydrogen) atoms. The van der Waals surface area contributed by atoms with Crippen molar-refractivity contribution in [3.05, 3.63) is 60.7 Å². The van der Waals surface area contributed by atoms with Gasteiger partial charge in [-0.3, -0.25) is 0 Å². The molecule has 0 nitrogen and oxygen atoms in total. The highest BCUT2D eigenvalue weighted by atomic mass is 32.7. The lowest BCUT2D eigenvalue weighted by atomic mass is 10.4. The van der Waals surface area contributed by atoms with Gasteiger partial charge in [-0.25, -0.2) is 0 Å². The number of rotatable bonds is 3. The molecule has 0 aliphatic heterocycles. The van der Waals surface area contributed by atoms with Gasteiger partial charge in [-0.2, -0.15) is 0 Å². The van der Waals surface area contributed by atoms with E-state index in [-0.39, 0.29) is 7.12 Å². The maximum Gasteiger partial charge on any atom is 0.0149 e. The molecule has 2 aromatic rings. The van der Waals surface area contributed by atoms with Crippen LogP contribution in [0.2, 0.25) is 0 Å². The second kappa shape index (κ2) is 5.34. The van der Waals surface area contributed by atoms with Crippen LogP contribution in [0.4, 0.5) is 0 Å². The third-order valence-electron chi connectivity index (χ3n) is 2.16. The van der Waals surface area contributed by atoms with Gasteiger partial charge in [0.2, 0.25) is 0 Å². The van der Waals surface area contributed by atoms with E-state index in [4.69, 9.17) is 0 Å². The molecular weight excluding hydrogens is 219 g/mol. The third-order valence-corrected chi connectivity index (χ3v) is 6.42. The predicted octanol–water partition coefficient (Wildman–Crippen LogP) is 3.40. The van der Waals surface area contributed by atoms with Crippen molar-refractivity contribution >= 4 is 29.1 Å². The lowest BCUT2D eigenvalue weighted by molar-refractivity contribution is 1.76. The molecule has 0 heterocycles. The first-order valence-electron chi connectivity index (χ1n) is 4.86. The summed E-state index contributed by atoms with van der Waals surface area (Å²) < 4.78 is 0. The summed E-state index contributed by atoms with van der Waals surface area (Å²) in [6.45, 7) is 0. The van der Waals surface area contributed by atoms with Gasteiger partial charge >= 0.3 is 0 Å². The summed E-state index contributed by atoms with van der Waals surface area (Å²) in [6.07, 6.45) is 2.19. The Kier molecular flexibility index (Phi) is 3.82. The first-order chi connectivity index (χ1) is 7.42. The highest BCUT2D eigenvalue weighted by molar-refractivity contribution is 8.59. The van der Waals surface area contributed by atoms with Crippen LogP contribution in [0.3, 0.4) is 0 Å². The van der Waals surface area contributed by atoms with Crippen LogP contribution in [0.1, 0.15) is 0 Å². The smallest absolute Gasteiger partial charge is 0.0149 e. The van der Waals surface area contributed by atoms with E-state index in [1.165, 1.54) is 10.6 Å². The van der Waals surface area contributed by atoms with Gasteiger partial charge in [-0.15, -0.1) is 11.4 Å². The van der Waals surface area contributed by atoms with Crippen molar-refractivity contribution in [2.24, 2.45) is 0 Å². The van der Waals surface area contributed by atoms with E-state index < -0.39 is 0 Å². The second-order valence-corrected chi connectivity index (χ2v) is 7.33. The van der Waals surface area contributed by atoms with Crippen LogP contribution in [0, 0.1) is 0 Å². The SMILES string of the molecule is CSP(c1ccccc1)c1ccccc1. The van der Waals surface area contributed by atoms with Crippen LogP contribution in [0.5, 0.6) is 0 Å². The Labute approximate surface area is 96.2 Å². The molecule has 2 aromatic carbocycles. The van der Waals surface area contributed by atoms with Gasteiger partial charge in [0.25, 0.3) is 0 Å². The molecule has 76 valence electrons. The Morgan fingerprint density at radius 3 is 1.47 bits per heavy atom. The van der Waals surface area contributed by atoms with E-state index in [0.29, 0.717) is 0 Å². The van der Waals surface area contributed by atoms with Crippen molar-refractivity contribution < 1.29 is 0 Å². The summed E-state index contributed by atoms with van der Waals surface area (Å²) in [7, 11) is -0.232. The molecule has 0 fully saturated rings. The fourth-order valence-electron chi connectivity index (χ4n) is 1.49. The number of hydrogen-bond donors (Lipinski definition) is 0. The first kappa shape index (κ1) is 10.7. The van der Waals surface area contributed by atoms with E-state index in [1.807, 2.05) is 11.4 Å². The number of hydrogen-bond acceptors (Lipinski definition) is 1. The fourth-order valence-corrected chi connectivity index (χ4v) is 5.09. The largest absolute Gasteiger partial charge is 0.128 e. The van der Waals surface area contributed by atoms with Crippen LogP contribution in [-0.2, 0) is 0 Å².